The average molecular weight is 264 g/mol. The van der Waals surface area contributed by atoms with E-state index >= 15 is 0 Å². The minimum atomic E-state index is 0.642. The lowest BCUT2D eigenvalue weighted by molar-refractivity contribution is 0.190. The minimum absolute atomic E-state index is 0.642. The maximum atomic E-state index is 5.15. The smallest absolute Gasteiger partial charge is 0.206 e. The van der Waals surface area contributed by atoms with Gasteiger partial charge in [0.1, 0.15) is 0 Å². The topological polar surface area (TPSA) is 42.3 Å². The number of hydrogen-bond acceptors (Lipinski definition) is 4. The van der Waals surface area contributed by atoms with Gasteiger partial charge in [0.25, 0.3) is 0 Å². The van der Waals surface area contributed by atoms with Crippen molar-refractivity contribution in [2.24, 2.45) is 5.92 Å². The second kappa shape index (κ2) is 5.51. The Morgan fingerprint density at radius 1 is 1.47 bits per heavy atom. The molecule has 1 N–H and O–H groups in total. The summed E-state index contributed by atoms with van der Waals surface area (Å²) >= 11 is 0. The van der Waals surface area contributed by atoms with Crippen LogP contribution in [0.15, 0.2) is 6.20 Å². The van der Waals surface area contributed by atoms with Crippen LogP contribution in [0, 0.1) is 12.8 Å². The molecule has 19 heavy (non-hydrogen) atoms. The fraction of sp³-hybridized carbons (Fsp3) is 0.786. The molecular formula is C14H24N4O. The lowest BCUT2D eigenvalue weighted by atomic mass is 10.1. The van der Waals surface area contributed by atoms with Crippen molar-refractivity contribution in [1.29, 1.82) is 0 Å². The Balaban J connectivity index is 1.76. The first-order valence-electron chi connectivity index (χ1n) is 7.29. The van der Waals surface area contributed by atoms with E-state index in [1.165, 1.54) is 13.0 Å². The van der Waals surface area contributed by atoms with Gasteiger partial charge in [0.15, 0.2) is 0 Å². The van der Waals surface area contributed by atoms with Crippen LogP contribution in [-0.4, -0.2) is 48.9 Å². The summed E-state index contributed by atoms with van der Waals surface area (Å²) in [6.45, 7) is 7.31. The molecule has 2 fully saturated rings. The summed E-state index contributed by atoms with van der Waals surface area (Å²) < 4.78 is 7.45. The summed E-state index contributed by atoms with van der Waals surface area (Å²) in [7, 11) is 1.76. The van der Waals surface area contributed by atoms with Crippen LogP contribution in [0.5, 0.6) is 0 Å². The normalized spacial score (nSPS) is 26.1. The zero-order valence-electron chi connectivity index (χ0n) is 11.9. The first-order valence-corrected chi connectivity index (χ1v) is 7.29. The second-order valence-corrected chi connectivity index (χ2v) is 5.69. The summed E-state index contributed by atoms with van der Waals surface area (Å²) in [6, 6.07) is 0.642. The molecule has 0 radical (unpaired) electrons. The predicted molar refractivity (Wildman–Crippen MR) is 75.6 cm³/mol. The number of aromatic nitrogens is 2. The Morgan fingerprint density at radius 2 is 2.37 bits per heavy atom. The van der Waals surface area contributed by atoms with Gasteiger partial charge in [-0.05, 0) is 25.7 Å². The number of methoxy groups -OCH3 is 1. The fourth-order valence-corrected chi connectivity index (χ4v) is 3.40. The lowest BCUT2D eigenvalue weighted by Crippen LogP contribution is -2.36. The van der Waals surface area contributed by atoms with Gasteiger partial charge in [-0.1, -0.05) is 0 Å². The first-order chi connectivity index (χ1) is 9.29. The summed E-state index contributed by atoms with van der Waals surface area (Å²) in [5.74, 6) is 1.97. The maximum absolute atomic E-state index is 5.15. The molecular weight excluding hydrogens is 240 g/mol. The third kappa shape index (κ3) is 2.49. The Kier molecular flexibility index (Phi) is 3.75. The Hall–Kier alpha value is -1.07. The quantitative estimate of drug-likeness (QED) is 0.807. The molecule has 2 aliphatic heterocycles. The number of ether oxygens (including phenoxy) is 1. The van der Waals surface area contributed by atoms with E-state index in [0.717, 1.165) is 50.2 Å². The highest BCUT2D eigenvalue weighted by Crippen LogP contribution is 2.31. The Labute approximate surface area is 114 Å². The summed E-state index contributed by atoms with van der Waals surface area (Å²) in [5.41, 5.74) is 1.11. The Bertz CT molecular complexity index is 431. The van der Waals surface area contributed by atoms with E-state index in [2.05, 4.69) is 27.9 Å². The van der Waals surface area contributed by atoms with Crippen LogP contribution in [0.1, 0.15) is 18.5 Å². The average Bonchev–Trinajstić information content (AvgIpc) is 3.04. The molecule has 5 heteroatoms. The molecule has 2 saturated heterocycles. The SMILES string of the molecule is COCCCn1cc(C)nc1N1CC[C@H]2CNC[C@H]21. The number of hydrogen-bond donors (Lipinski definition) is 1. The van der Waals surface area contributed by atoms with Gasteiger partial charge in [-0.2, -0.15) is 0 Å². The molecule has 0 saturated carbocycles. The van der Waals surface area contributed by atoms with Crippen LogP contribution in [0.3, 0.4) is 0 Å². The van der Waals surface area contributed by atoms with Crippen molar-refractivity contribution in [1.82, 2.24) is 14.9 Å². The van der Waals surface area contributed by atoms with Crippen molar-refractivity contribution in [3.05, 3.63) is 11.9 Å². The number of aryl methyl sites for hydroxylation is 2. The highest BCUT2D eigenvalue weighted by atomic mass is 16.5. The molecule has 0 aromatic carbocycles. The molecule has 106 valence electrons. The molecule has 0 amide bonds. The number of imidazole rings is 1. The lowest BCUT2D eigenvalue weighted by Gasteiger charge is -2.25. The highest BCUT2D eigenvalue weighted by Gasteiger charge is 2.39. The van der Waals surface area contributed by atoms with Crippen LogP contribution in [-0.2, 0) is 11.3 Å². The van der Waals surface area contributed by atoms with Gasteiger partial charge in [0.05, 0.1) is 5.69 Å². The van der Waals surface area contributed by atoms with Gasteiger partial charge in [-0.15, -0.1) is 0 Å². The van der Waals surface area contributed by atoms with Crippen LogP contribution in [0.4, 0.5) is 5.95 Å². The molecule has 1 aromatic rings. The fourth-order valence-electron chi connectivity index (χ4n) is 3.40. The number of rotatable bonds is 5. The minimum Gasteiger partial charge on any atom is -0.385 e. The van der Waals surface area contributed by atoms with E-state index in [0.29, 0.717) is 6.04 Å². The van der Waals surface area contributed by atoms with Crippen LogP contribution in [0.25, 0.3) is 0 Å². The van der Waals surface area contributed by atoms with Crippen molar-refractivity contribution in [3.8, 4) is 0 Å². The highest BCUT2D eigenvalue weighted by molar-refractivity contribution is 5.38. The molecule has 5 nitrogen and oxygen atoms in total. The monoisotopic (exact) mass is 264 g/mol. The third-order valence-corrected chi connectivity index (χ3v) is 4.33. The second-order valence-electron chi connectivity index (χ2n) is 5.69. The van der Waals surface area contributed by atoms with E-state index in [9.17, 15) is 0 Å². The first kappa shape index (κ1) is 12.9. The van der Waals surface area contributed by atoms with E-state index in [1.54, 1.807) is 7.11 Å². The number of fused-ring (bicyclic) bond motifs is 1. The van der Waals surface area contributed by atoms with Crippen molar-refractivity contribution in [2.75, 3.05) is 38.3 Å². The van der Waals surface area contributed by atoms with Gasteiger partial charge in [0.2, 0.25) is 5.95 Å². The summed E-state index contributed by atoms with van der Waals surface area (Å²) in [6.07, 6.45) is 4.50. The van der Waals surface area contributed by atoms with Crippen molar-refractivity contribution in [3.63, 3.8) is 0 Å². The maximum Gasteiger partial charge on any atom is 0.206 e. The zero-order chi connectivity index (χ0) is 13.2. The van der Waals surface area contributed by atoms with E-state index in [1.807, 2.05) is 0 Å². The molecule has 3 heterocycles. The molecule has 0 aliphatic carbocycles. The van der Waals surface area contributed by atoms with Gasteiger partial charge in [-0.3, -0.25) is 0 Å². The van der Waals surface area contributed by atoms with Gasteiger partial charge in [-0.25, -0.2) is 4.98 Å². The van der Waals surface area contributed by atoms with E-state index in [4.69, 9.17) is 9.72 Å². The molecule has 0 unspecified atom stereocenters. The van der Waals surface area contributed by atoms with Gasteiger partial charge in [0, 0.05) is 52.1 Å². The van der Waals surface area contributed by atoms with E-state index in [-0.39, 0.29) is 0 Å². The summed E-state index contributed by atoms with van der Waals surface area (Å²) in [5, 5.41) is 3.50. The molecule has 2 aliphatic rings. The van der Waals surface area contributed by atoms with Crippen molar-refractivity contribution < 1.29 is 4.74 Å². The van der Waals surface area contributed by atoms with Crippen LogP contribution < -0.4 is 10.2 Å². The molecule has 3 rings (SSSR count). The largest absolute Gasteiger partial charge is 0.385 e. The van der Waals surface area contributed by atoms with Gasteiger partial charge < -0.3 is 19.5 Å². The van der Waals surface area contributed by atoms with Crippen LogP contribution in [0.2, 0.25) is 0 Å². The molecule has 0 spiro atoms. The molecule has 0 bridgehead atoms. The predicted octanol–water partition coefficient (Wildman–Crippen LogP) is 1.03. The number of nitrogens with one attached hydrogen (secondary N) is 1. The molecule has 1 aromatic heterocycles. The summed E-state index contributed by atoms with van der Waals surface area (Å²) in [4.78, 5) is 7.26. The van der Waals surface area contributed by atoms with E-state index < -0.39 is 0 Å². The standard InChI is InChI=1S/C14H24N4O/c1-11-10-17(5-3-7-19-2)14(16-11)18-6-4-12-8-15-9-13(12)18/h10,12-13,15H,3-9H2,1-2H3/t12-,13+/m0/s1. The number of anilines is 1. The number of nitrogens with zero attached hydrogens (tertiary/aromatic N) is 3. The Morgan fingerprint density at radius 3 is 3.21 bits per heavy atom. The third-order valence-electron chi connectivity index (χ3n) is 4.33. The van der Waals surface area contributed by atoms with Crippen LogP contribution >= 0.6 is 0 Å². The van der Waals surface area contributed by atoms with Crippen molar-refractivity contribution in [2.45, 2.75) is 32.4 Å². The van der Waals surface area contributed by atoms with Crippen molar-refractivity contribution >= 4 is 5.95 Å². The zero-order valence-corrected chi connectivity index (χ0v) is 11.9. The van der Waals surface area contributed by atoms with Gasteiger partial charge >= 0.3 is 0 Å². The molecule has 2 atom stereocenters.